The van der Waals surface area contributed by atoms with E-state index in [9.17, 15) is 24.5 Å². The second kappa shape index (κ2) is 5.82. The monoisotopic (exact) mass is 343 g/mol. The van der Waals surface area contributed by atoms with Gasteiger partial charge in [0.1, 0.15) is 6.54 Å². The molecule has 0 aliphatic rings. The maximum atomic E-state index is 12.4. The van der Waals surface area contributed by atoms with E-state index in [4.69, 9.17) is 0 Å². The van der Waals surface area contributed by atoms with E-state index in [0.717, 1.165) is 13.7 Å². The number of nitro groups is 1. The van der Waals surface area contributed by atoms with Crippen LogP contribution in [0.3, 0.4) is 0 Å². The molecule has 0 saturated heterocycles. The molecule has 10 nitrogen and oxygen atoms in total. The van der Waals surface area contributed by atoms with Gasteiger partial charge in [-0.15, -0.1) is 0 Å². The summed E-state index contributed by atoms with van der Waals surface area (Å²) in [7, 11) is 2.61. The molecule has 0 N–H and O–H groups in total. The van der Waals surface area contributed by atoms with Crippen molar-refractivity contribution in [1.82, 2.24) is 18.7 Å². The van der Waals surface area contributed by atoms with Crippen LogP contribution < -0.4 is 11.2 Å². The van der Waals surface area contributed by atoms with Crippen LogP contribution in [0.25, 0.3) is 11.2 Å². The van der Waals surface area contributed by atoms with E-state index in [1.165, 1.54) is 14.1 Å². The summed E-state index contributed by atoms with van der Waals surface area (Å²) in [6, 6.07) is 8.22. The molecule has 25 heavy (non-hydrogen) atoms. The molecule has 0 fully saturated rings. The number of Topliss-reactive ketones (excluding diaryl/α,β-unsaturated/α-hetero) is 1. The van der Waals surface area contributed by atoms with Crippen molar-refractivity contribution < 1.29 is 9.72 Å². The Morgan fingerprint density at radius 1 is 1.16 bits per heavy atom. The van der Waals surface area contributed by atoms with E-state index < -0.39 is 34.4 Å². The zero-order chi connectivity index (χ0) is 18.3. The third-order valence-electron chi connectivity index (χ3n) is 3.88. The number of nitrogens with zero attached hydrogens (tertiary/aromatic N) is 5. The van der Waals surface area contributed by atoms with Gasteiger partial charge in [0, 0.05) is 19.7 Å². The van der Waals surface area contributed by atoms with Crippen molar-refractivity contribution >= 4 is 22.9 Å². The molecule has 3 rings (SSSR count). The van der Waals surface area contributed by atoms with E-state index in [-0.39, 0.29) is 11.2 Å². The van der Waals surface area contributed by atoms with Crippen molar-refractivity contribution in [3.8, 4) is 0 Å². The highest BCUT2D eigenvalue weighted by Crippen LogP contribution is 2.18. The zero-order valence-electron chi connectivity index (χ0n) is 13.4. The summed E-state index contributed by atoms with van der Waals surface area (Å²) in [4.78, 5) is 51.0. The van der Waals surface area contributed by atoms with E-state index in [1.807, 2.05) is 0 Å². The van der Waals surface area contributed by atoms with Crippen LogP contribution in [-0.4, -0.2) is 29.4 Å². The molecule has 3 aromatic rings. The molecule has 0 saturated carbocycles. The summed E-state index contributed by atoms with van der Waals surface area (Å²) >= 11 is 0. The lowest BCUT2D eigenvalue weighted by Crippen LogP contribution is -2.37. The molecule has 2 heterocycles. The number of hydrogen-bond acceptors (Lipinski definition) is 6. The SMILES string of the molecule is Cn1c(=O)c2nc([N+](=O)[O-])n(CC(=O)c3ccccc3)c2n(C)c1=O. The highest BCUT2D eigenvalue weighted by Gasteiger charge is 2.29. The summed E-state index contributed by atoms with van der Waals surface area (Å²) in [5.74, 6) is -1.08. The zero-order valence-corrected chi connectivity index (χ0v) is 13.4. The number of hydrogen-bond donors (Lipinski definition) is 0. The maximum absolute atomic E-state index is 12.4. The molecule has 1 aromatic carbocycles. The summed E-state index contributed by atoms with van der Waals surface area (Å²) < 4.78 is 2.85. The number of benzene rings is 1. The lowest BCUT2D eigenvalue weighted by atomic mass is 10.1. The number of imidazole rings is 1. The average molecular weight is 343 g/mol. The van der Waals surface area contributed by atoms with E-state index in [1.54, 1.807) is 30.3 Å². The normalized spacial score (nSPS) is 11.0. The third kappa shape index (κ3) is 2.53. The van der Waals surface area contributed by atoms with Crippen molar-refractivity contribution in [2.45, 2.75) is 6.54 Å². The van der Waals surface area contributed by atoms with Crippen LogP contribution in [0.1, 0.15) is 10.4 Å². The molecule has 128 valence electrons. The highest BCUT2D eigenvalue weighted by atomic mass is 16.6. The molecule has 0 atom stereocenters. The molecule has 0 radical (unpaired) electrons. The van der Waals surface area contributed by atoms with Crippen LogP contribution in [0.15, 0.2) is 39.9 Å². The number of fused-ring (bicyclic) bond motifs is 1. The van der Waals surface area contributed by atoms with Crippen LogP contribution in [0.2, 0.25) is 0 Å². The Morgan fingerprint density at radius 2 is 1.80 bits per heavy atom. The first-order valence-electron chi connectivity index (χ1n) is 7.21. The van der Waals surface area contributed by atoms with Crippen LogP contribution >= 0.6 is 0 Å². The quantitative estimate of drug-likeness (QED) is 0.379. The Hall–Kier alpha value is -3.56. The molecular weight excluding hydrogens is 330 g/mol. The Kier molecular flexibility index (Phi) is 3.79. The van der Waals surface area contributed by atoms with E-state index in [0.29, 0.717) is 5.56 Å². The van der Waals surface area contributed by atoms with Gasteiger partial charge >= 0.3 is 17.2 Å². The second-order valence-electron chi connectivity index (χ2n) is 5.42. The van der Waals surface area contributed by atoms with Gasteiger partial charge in [-0.1, -0.05) is 35.3 Å². The molecule has 0 aliphatic carbocycles. The lowest BCUT2D eigenvalue weighted by molar-refractivity contribution is -0.396. The highest BCUT2D eigenvalue weighted by molar-refractivity contribution is 5.96. The van der Waals surface area contributed by atoms with Crippen LogP contribution in [0, 0.1) is 10.1 Å². The van der Waals surface area contributed by atoms with Crippen molar-refractivity contribution in [2.24, 2.45) is 14.1 Å². The smallest absolute Gasteiger partial charge is 0.390 e. The van der Waals surface area contributed by atoms with Crippen LogP contribution in [0.4, 0.5) is 5.95 Å². The third-order valence-corrected chi connectivity index (χ3v) is 3.88. The molecular formula is C15H13N5O5. The number of rotatable bonds is 4. The van der Waals surface area contributed by atoms with E-state index in [2.05, 4.69) is 4.98 Å². The van der Waals surface area contributed by atoms with Crippen LogP contribution in [0.5, 0.6) is 0 Å². The van der Waals surface area contributed by atoms with Gasteiger partial charge in [-0.3, -0.25) is 18.7 Å². The minimum Gasteiger partial charge on any atom is -0.390 e. The predicted molar refractivity (Wildman–Crippen MR) is 87.6 cm³/mol. The minimum absolute atomic E-state index is 0.0657. The van der Waals surface area contributed by atoms with Crippen molar-refractivity contribution in [2.75, 3.05) is 0 Å². The summed E-state index contributed by atoms with van der Waals surface area (Å²) in [6.07, 6.45) is 0. The Balaban J connectivity index is 2.28. The first kappa shape index (κ1) is 16.3. The molecule has 0 amide bonds. The fourth-order valence-electron chi connectivity index (χ4n) is 2.62. The number of ketones is 1. The van der Waals surface area contributed by atoms with Gasteiger partial charge in [-0.05, 0) is 4.92 Å². The summed E-state index contributed by atoms with van der Waals surface area (Å²) in [6.45, 7) is -0.419. The number of carbonyl (C=O) groups excluding carboxylic acids is 1. The molecule has 0 unspecified atom stereocenters. The van der Waals surface area contributed by atoms with Gasteiger partial charge in [0.25, 0.3) is 5.52 Å². The Bertz CT molecular complexity index is 1120. The fourth-order valence-corrected chi connectivity index (χ4v) is 2.62. The average Bonchev–Trinajstić information content (AvgIpc) is 2.98. The molecule has 10 heteroatoms. The minimum atomic E-state index is -0.789. The second-order valence-corrected chi connectivity index (χ2v) is 5.42. The van der Waals surface area contributed by atoms with Gasteiger partial charge in [0.05, 0.1) is 0 Å². The summed E-state index contributed by atoms with van der Waals surface area (Å²) in [5, 5.41) is 11.3. The number of aromatic nitrogens is 4. The Labute approximate surface area is 139 Å². The number of aryl methyl sites for hydroxylation is 1. The van der Waals surface area contributed by atoms with E-state index >= 15 is 0 Å². The van der Waals surface area contributed by atoms with Gasteiger partial charge in [0.15, 0.2) is 5.78 Å². The largest absolute Gasteiger partial charge is 0.437 e. The van der Waals surface area contributed by atoms with Gasteiger partial charge in [-0.25, -0.2) is 4.79 Å². The first-order chi connectivity index (χ1) is 11.8. The molecule has 0 aliphatic heterocycles. The predicted octanol–water partition coefficient (Wildman–Crippen LogP) is 0.225. The fraction of sp³-hybridized carbons (Fsp3) is 0.200. The topological polar surface area (TPSA) is 122 Å². The van der Waals surface area contributed by atoms with Crippen LogP contribution in [-0.2, 0) is 20.6 Å². The van der Waals surface area contributed by atoms with Crippen molar-refractivity contribution in [3.05, 3.63) is 66.8 Å². The maximum Gasteiger partial charge on any atom is 0.437 e. The van der Waals surface area contributed by atoms with Gasteiger partial charge < -0.3 is 10.1 Å². The van der Waals surface area contributed by atoms with Crippen molar-refractivity contribution in [3.63, 3.8) is 0 Å². The standard InChI is InChI=1S/C15H13N5O5/c1-17-12-11(13(22)18(2)15(17)23)16-14(20(24)25)19(12)8-10(21)9-6-4-3-5-7-9/h3-7H,8H2,1-2H3. The molecule has 2 aromatic heterocycles. The summed E-state index contributed by atoms with van der Waals surface area (Å²) in [5.41, 5.74) is -1.37. The molecule has 0 spiro atoms. The van der Waals surface area contributed by atoms with Crippen molar-refractivity contribution in [1.29, 1.82) is 0 Å². The van der Waals surface area contributed by atoms with Gasteiger partial charge in [-0.2, -0.15) is 4.57 Å². The first-order valence-corrected chi connectivity index (χ1v) is 7.21. The Morgan fingerprint density at radius 3 is 2.40 bits per heavy atom. The van der Waals surface area contributed by atoms with Gasteiger partial charge in [0.2, 0.25) is 5.65 Å². The molecule has 0 bridgehead atoms. The lowest BCUT2D eigenvalue weighted by Gasteiger charge is -2.06. The number of carbonyl (C=O) groups is 1.